The number of halogens is 4. The zero-order valence-electron chi connectivity index (χ0n) is 17.5. The monoisotopic (exact) mass is 488 g/mol. The number of carbonyl (C=O) groups excluding carboxylic acids is 1. The third-order valence-electron chi connectivity index (χ3n) is 5.41. The molecule has 0 radical (unpaired) electrons. The average Bonchev–Trinajstić information content (AvgIpc) is 2.73. The van der Waals surface area contributed by atoms with Crippen LogP contribution in [0, 0.1) is 5.92 Å². The molecule has 1 fully saturated rings. The molecule has 0 aromatic heterocycles. The number of sulfonamides is 1. The highest BCUT2D eigenvalue weighted by molar-refractivity contribution is 7.89. The predicted molar refractivity (Wildman–Crippen MR) is 116 cm³/mol. The second kappa shape index (κ2) is 9.80. The Kier molecular flexibility index (Phi) is 7.52. The molecule has 2 aromatic rings. The van der Waals surface area contributed by atoms with Crippen molar-refractivity contribution in [2.45, 2.75) is 37.3 Å². The van der Waals surface area contributed by atoms with E-state index in [1.54, 1.807) is 0 Å². The molecular formula is C22H24ClF3N2O3S. The quantitative estimate of drug-likeness (QED) is 0.638. The Morgan fingerprint density at radius 1 is 1.19 bits per heavy atom. The maximum atomic E-state index is 13.1. The van der Waals surface area contributed by atoms with Crippen LogP contribution >= 0.6 is 11.6 Å². The van der Waals surface area contributed by atoms with Gasteiger partial charge in [0.1, 0.15) is 4.90 Å². The van der Waals surface area contributed by atoms with Crippen molar-refractivity contribution in [1.29, 1.82) is 0 Å². The third-order valence-corrected chi connectivity index (χ3v) is 7.76. The number of alkyl halides is 3. The Morgan fingerprint density at radius 2 is 1.88 bits per heavy atom. The van der Waals surface area contributed by atoms with Gasteiger partial charge >= 0.3 is 6.18 Å². The molecule has 1 N–H and O–H groups in total. The number of nitrogens with one attached hydrogen (secondary N) is 1. The zero-order chi connectivity index (χ0) is 23.5. The number of piperidine rings is 1. The minimum absolute atomic E-state index is 0.0459. The van der Waals surface area contributed by atoms with E-state index in [0.717, 1.165) is 25.0 Å². The van der Waals surface area contributed by atoms with Crippen molar-refractivity contribution in [3.8, 4) is 0 Å². The molecule has 0 unspecified atom stereocenters. The molecular weight excluding hydrogens is 465 g/mol. The summed E-state index contributed by atoms with van der Waals surface area (Å²) in [6.45, 7) is 2.98. The molecule has 0 aliphatic carbocycles. The van der Waals surface area contributed by atoms with E-state index < -0.39 is 27.7 Å². The molecule has 3 rings (SSSR count). The maximum Gasteiger partial charge on any atom is 0.416 e. The predicted octanol–water partition coefficient (Wildman–Crippen LogP) is 4.75. The first-order valence-electron chi connectivity index (χ1n) is 10.2. The van der Waals surface area contributed by atoms with Gasteiger partial charge in [-0.1, -0.05) is 30.7 Å². The Labute approximate surface area is 190 Å². The molecule has 0 bridgehead atoms. The van der Waals surface area contributed by atoms with E-state index in [4.69, 9.17) is 11.6 Å². The summed E-state index contributed by atoms with van der Waals surface area (Å²) in [6, 6.07) is 8.80. The molecule has 1 amide bonds. The van der Waals surface area contributed by atoms with Gasteiger partial charge in [-0.05, 0) is 61.1 Å². The highest BCUT2D eigenvalue weighted by Gasteiger charge is 2.31. The standard InChI is InChI=1S/C22H24ClF3N2O3S/c1-15-3-2-12-28(14-15)32(30,31)20-13-17(6-9-19(20)23)21(29)27-11-10-16-4-7-18(8-5-16)22(24,25)26/h4-9,13,15H,2-3,10-12,14H2,1H3,(H,27,29)/t15-/m1/s1. The van der Waals surface area contributed by atoms with Crippen molar-refractivity contribution in [2.24, 2.45) is 5.92 Å². The summed E-state index contributed by atoms with van der Waals surface area (Å²) in [4.78, 5) is 12.4. The minimum Gasteiger partial charge on any atom is -0.352 e. The second-order valence-corrected chi connectivity index (χ2v) is 10.3. The minimum atomic E-state index is -4.40. The van der Waals surface area contributed by atoms with E-state index in [1.165, 1.54) is 34.6 Å². The molecule has 10 heteroatoms. The van der Waals surface area contributed by atoms with Gasteiger partial charge in [0.05, 0.1) is 10.6 Å². The smallest absolute Gasteiger partial charge is 0.352 e. The van der Waals surface area contributed by atoms with E-state index in [9.17, 15) is 26.4 Å². The van der Waals surface area contributed by atoms with Crippen LogP contribution in [-0.4, -0.2) is 38.3 Å². The highest BCUT2D eigenvalue weighted by atomic mass is 35.5. The average molecular weight is 489 g/mol. The van der Waals surface area contributed by atoms with Crippen LogP contribution in [0.25, 0.3) is 0 Å². The van der Waals surface area contributed by atoms with E-state index in [-0.39, 0.29) is 27.9 Å². The molecule has 0 spiro atoms. The lowest BCUT2D eigenvalue weighted by Crippen LogP contribution is -2.39. The van der Waals surface area contributed by atoms with E-state index >= 15 is 0 Å². The summed E-state index contributed by atoms with van der Waals surface area (Å²) in [5.41, 5.74) is 0.0469. The summed E-state index contributed by atoms with van der Waals surface area (Å²) in [5, 5.41) is 2.71. The van der Waals surface area contributed by atoms with Gasteiger partial charge in [0.25, 0.3) is 5.91 Å². The largest absolute Gasteiger partial charge is 0.416 e. The van der Waals surface area contributed by atoms with Gasteiger partial charge in [0, 0.05) is 25.2 Å². The highest BCUT2D eigenvalue weighted by Crippen LogP contribution is 2.30. The number of hydrogen-bond donors (Lipinski definition) is 1. The Morgan fingerprint density at radius 3 is 2.50 bits per heavy atom. The molecule has 1 atom stereocenters. The zero-order valence-corrected chi connectivity index (χ0v) is 19.0. The van der Waals surface area contributed by atoms with Gasteiger partial charge < -0.3 is 5.32 Å². The van der Waals surface area contributed by atoms with Crippen molar-refractivity contribution < 1.29 is 26.4 Å². The van der Waals surface area contributed by atoms with Crippen molar-refractivity contribution in [1.82, 2.24) is 9.62 Å². The van der Waals surface area contributed by atoms with Crippen LogP contribution in [-0.2, 0) is 22.6 Å². The Balaban J connectivity index is 1.66. The lowest BCUT2D eigenvalue weighted by molar-refractivity contribution is -0.137. The number of benzene rings is 2. The van der Waals surface area contributed by atoms with Crippen LogP contribution < -0.4 is 5.32 Å². The molecule has 5 nitrogen and oxygen atoms in total. The normalized spacial score (nSPS) is 17.8. The molecule has 174 valence electrons. The summed E-state index contributed by atoms with van der Waals surface area (Å²) in [7, 11) is -3.83. The van der Waals surface area contributed by atoms with Crippen LogP contribution in [0.5, 0.6) is 0 Å². The van der Waals surface area contributed by atoms with Crippen LogP contribution in [0.1, 0.15) is 41.3 Å². The van der Waals surface area contributed by atoms with E-state index in [2.05, 4.69) is 5.32 Å². The van der Waals surface area contributed by atoms with Crippen molar-refractivity contribution in [2.75, 3.05) is 19.6 Å². The lowest BCUT2D eigenvalue weighted by atomic mass is 10.0. The van der Waals surface area contributed by atoms with Crippen molar-refractivity contribution in [3.63, 3.8) is 0 Å². The van der Waals surface area contributed by atoms with E-state index in [0.29, 0.717) is 25.1 Å². The molecule has 1 aliphatic heterocycles. The van der Waals surface area contributed by atoms with Crippen molar-refractivity contribution >= 4 is 27.5 Å². The topological polar surface area (TPSA) is 66.5 Å². The Hall–Kier alpha value is -2.10. The van der Waals surface area contributed by atoms with Crippen LogP contribution in [0.2, 0.25) is 5.02 Å². The summed E-state index contributed by atoms with van der Waals surface area (Å²) in [6.07, 6.45) is -2.34. The fourth-order valence-corrected chi connectivity index (χ4v) is 5.73. The van der Waals surface area contributed by atoms with Crippen LogP contribution in [0.15, 0.2) is 47.4 Å². The van der Waals surface area contributed by atoms with Gasteiger partial charge in [-0.3, -0.25) is 4.79 Å². The van der Waals surface area contributed by atoms with Crippen LogP contribution in [0.3, 0.4) is 0 Å². The number of rotatable bonds is 6. The number of amides is 1. The van der Waals surface area contributed by atoms with Gasteiger partial charge in [-0.2, -0.15) is 17.5 Å². The molecule has 0 saturated carbocycles. The summed E-state index contributed by atoms with van der Waals surface area (Å²) < 4.78 is 65.4. The summed E-state index contributed by atoms with van der Waals surface area (Å²) in [5.74, 6) is -0.244. The lowest BCUT2D eigenvalue weighted by Gasteiger charge is -2.30. The van der Waals surface area contributed by atoms with Gasteiger partial charge in [-0.25, -0.2) is 8.42 Å². The molecule has 32 heavy (non-hydrogen) atoms. The SMILES string of the molecule is C[C@@H]1CCCN(S(=O)(=O)c2cc(C(=O)NCCc3ccc(C(F)(F)F)cc3)ccc2Cl)C1. The third kappa shape index (κ3) is 5.82. The number of hydrogen-bond acceptors (Lipinski definition) is 3. The van der Waals surface area contributed by atoms with Gasteiger partial charge in [-0.15, -0.1) is 0 Å². The molecule has 1 saturated heterocycles. The first-order valence-corrected chi connectivity index (χ1v) is 12.0. The Bertz CT molecular complexity index is 1070. The second-order valence-electron chi connectivity index (χ2n) is 7.96. The summed E-state index contributed by atoms with van der Waals surface area (Å²) >= 11 is 6.15. The van der Waals surface area contributed by atoms with Gasteiger partial charge in [0.2, 0.25) is 10.0 Å². The fourth-order valence-electron chi connectivity index (χ4n) is 3.63. The van der Waals surface area contributed by atoms with Gasteiger partial charge in [0.15, 0.2) is 0 Å². The molecule has 1 heterocycles. The molecule has 2 aromatic carbocycles. The first-order chi connectivity index (χ1) is 15.0. The number of nitrogens with zero attached hydrogens (tertiary/aromatic N) is 1. The van der Waals surface area contributed by atoms with Crippen LogP contribution in [0.4, 0.5) is 13.2 Å². The first kappa shape index (κ1) is 24.5. The maximum absolute atomic E-state index is 13.1. The van der Waals surface area contributed by atoms with E-state index in [1.807, 2.05) is 6.92 Å². The molecule has 1 aliphatic rings. The fraction of sp³-hybridized carbons (Fsp3) is 0.409. The number of carbonyl (C=O) groups is 1. The van der Waals surface area contributed by atoms with Crippen molar-refractivity contribution in [3.05, 3.63) is 64.2 Å².